The maximum absolute atomic E-state index is 13.2. The zero-order chi connectivity index (χ0) is 24.8. The number of ether oxygens (including phenoxy) is 1. The molecule has 1 aliphatic rings. The van der Waals surface area contributed by atoms with Gasteiger partial charge >= 0.3 is 6.03 Å². The summed E-state index contributed by atoms with van der Waals surface area (Å²) in [5.74, 6) is 0.755. The summed E-state index contributed by atoms with van der Waals surface area (Å²) in [4.78, 5) is 35.2. The van der Waals surface area contributed by atoms with Crippen molar-refractivity contribution < 1.29 is 14.3 Å². The summed E-state index contributed by atoms with van der Waals surface area (Å²) in [6, 6.07) is 5.20. The van der Waals surface area contributed by atoms with Crippen molar-refractivity contribution in [3.8, 4) is 6.07 Å². The molecule has 0 saturated heterocycles. The molecule has 4 rings (SSSR count). The fourth-order valence-electron chi connectivity index (χ4n) is 3.94. The Morgan fingerprint density at radius 3 is 2.91 bits per heavy atom. The molecule has 180 valence electrons. The molecular weight excluding hydrogens is 448 g/mol. The number of fused-ring (bicyclic) bond motifs is 1. The number of nitrogens with zero attached hydrogens (tertiary/aromatic N) is 6. The zero-order valence-electron chi connectivity index (χ0n) is 19.6. The van der Waals surface area contributed by atoms with Crippen molar-refractivity contribution in [2.45, 2.75) is 26.3 Å². The largest absolute Gasteiger partial charge is 0.383 e. The Morgan fingerprint density at radius 2 is 2.20 bits per heavy atom. The molecular formula is C24H26N8O3. The summed E-state index contributed by atoms with van der Waals surface area (Å²) in [6.45, 7) is 3.79. The van der Waals surface area contributed by atoms with E-state index >= 15 is 0 Å². The number of aryl methyl sites for hydroxylation is 2. The van der Waals surface area contributed by atoms with Crippen molar-refractivity contribution in [1.29, 1.82) is 5.26 Å². The van der Waals surface area contributed by atoms with Crippen molar-refractivity contribution in [2.75, 3.05) is 42.3 Å². The van der Waals surface area contributed by atoms with Crippen LogP contribution in [0.4, 0.5) is 22.1 Å². The lowest BCUT2D eigenvalue weighted by molar-refractivity contribution is 0.111. The first kappa shape index (κ1) is 23.8. The minimum atomic E-state index is -0.411. The first-order valence-corrected chi connectivity index (χ1v) is 11.2. The van der Waals surface area contributed by atoms with Gasteiger partial charge in [-0.15, -0.1) is 0 Å². The first-order chi connectivity index (χ1) is 17.0. The fraction of sp³-hybridized carbons (Fsp3) is 0.333. The Bertz CT molecular complexity index is 1280. The number of methoxy groups -OCH3 is 1. The van der Waals surface area contributed by atoms with E-state index in [9.17, 15) is 14.9 Å². The van der Waals surface area contributed by atoms with Gasteiger partial charge in [0.1, 0.15) is 23.4 Å². The molecule has 0 fully saturated rings. The molecule has 3 aromatic rings. The van der Waals surface area contributed by atoms with Crippen LogP contribution < -0.4 is 15.5 Å². The predicted octanol–water partition coefficient (Wildman–Crippen LogP) is 2.76. The second kappa shape index (κ2) is 10.8. The Kier molecular flexibility index (Phi) is 7.32. The number of hydrogen-bond donors (Lipinski definition) is 2. The average Bonchev–Trinajstić information content (AvgIpc) is 3.27. The monoisotopic (exact) mass is 474 g/mol. The average molecular weight is 475 g/mol. The van der Waals surface area contributed by atoms with Crippen LogP contribution in [0.15, 0.2) is 30.7 Å². The number of nitrogens with one attached hydrogen (secondary N) is 2. The lowest BCUT2D eigenvalue weighted by Crippen LogP contribution is -2.40. The van der Waals surface area contributed by atoms with Gasteiger partial charge < -0.3 is 10.1 Å². The van der Waals surface area contributed by atoms with E-state index in [4.69, 9.17) is 4.74 Å². The van der Waals surface area contributed by atoms with Crippen LogP contribution in [0.1, 0.15) is 39.2 Å². The van der Waals surface area contributed by atoms with Gasteiger partial charge in [0, 0.05) is 44.2 Å². The van der Waals surface area contributed by atoms with Crippen LogP contribution in [-0.2, 0) is 17.7 Å². The molecule has 2 N–H and O–H groups in total. The van der Waals surface area contributed by atoms with Crippen LogP contribution in [0.3, 0.4) is 0 Å². The molecule has 0 saturated carbocycles. The SMILES string of the molecule is COCCNc1cc(NC(=O)N2CCCc3cc(Cn4cc(C)cn4)c(C=O)nc32)ncc1C#N. The molecule has 2 amide bonds. The van der Waals surface area contributed by atoms with Crippen molar-refractivity contribution in [3.63, 3.8) is 0 Å². The molecule has 1 aliphatic heterocycles. The normalized spacial score (nSPS) is 12.5. The number of nitriles is 1. The van der Waals surface area contributed by atoms with Crippen LogP contribution in [0.2, 0.25) is 0 Å². The van der Waals surface area contributed by atoms with E-state index in [1.807, 2.05) is 19.2 Å². The lowest BCUT2D eigenvalue weighted by atomic mass is 10.0. The predicted molar refractivity (Wildman–Crippen MR) is 130 cm³/mol. The van der Waals surface area contributed by atoms with Crippen molar-refractivity contribution in [3.05, 3.63) is 58.7 Å². The van der Waals surface area contributed by atoms with E-state index in [2.05, 4.69) is 31.8 Å². The number of carbonyl (C=O) groups is 2. The smallest absolute Gasteiger partial charge is 0.328 e. The number of amides is 2. The Hall–Kier alpha value is -4.30. The third-order valence-electron chi connectivity index (χ3n) is 5.61. The summed E-state index contributed by atoms with van der Waals surface area (Å²) in [5, 5.41) is 19.5. The molecule has 0 spiro atoms. The van der Waals surface area contributed by atoms with Gasteiger partial charge in [-0.1, -0.05) is 0 Å². The van der Waals surface area contributed by atoms with Gasteiger partial charge in [0.25, 0.3) is 0 Å². The number of carbonyl (C=O) groups excluding carboxylic acids is 2. The molecule has 4 heterocycles. The molecule has 0 atom stereocenters. The van der Waals surface area contributed by atoms with E-state index in [-0.39, 0.29) is 5.69 Å². The molecule has 0 aromatic carbocycles. The number of anilines is 3. The molecule has 3 aromatic heterocycles. The third kappa shape index (κ3) is 5.44. The van der Waals surface area contributed by atoms with Gasteiger partial charge in [0.05, 0.1) is 30.6 Å². The Labute approximate surface area is 202 Å². The summed E-state index contributed by atoms with van der Waals surface area (Å²) < 4.78 is 6.79. The molecule has 11 heteroatoms. The van der Waals surface area contributed by atoms with E-state index in [0.717, 1.165) is 29.5 Å². The maximum atomic E-state index is 13.2. The Balaban J connectivity index is 1.56. The van der Waals surface area contributed by atoms with Crippen molar-refractivity contribution in [2.24, 2.45) is 0 Å². The second-order valence-electron chi connectivity index (χ2n) is 8.18. The minimum absolute atomic E-state index is 0.276. The van der Waals surface area contributed by atoms with E-state index in [1.54, 1.807) is 24.1 Å². The highest BCUT2D eigenvalue weighted by Gasteiger charge is 2.26. The van der Waals surface area contributed by atoms with Gasteiger partial charge in [0.15, 0.2) is 6.29 Å². The van der Waals surface area contributed by atoms with Gasteiger partial charge in [0.2, 0.25) is 0 Å². The van der Waals surface area contributed by atoms with Crippen LogP contribution in [0.5, 0.6) is 0 Å². The van der Waals surface area contributed by atoms with Crippen LogP contribution in [-0.4, -0.2) is 58.9 Å². The molecule has 0 aliphatic carbocycles. The number of aromatic nitrogens is 4. The summed E-state index contributed by atoms with van der Waals surface area (Å²) in [7, 11) is 1.59. The highest BCUT2D eigenvalue weighted by Crippen LogP contribution is 2.28. The first-order valence-electron chi connectivity index (χ1n) is 11.2. The van der Waals surface area contributed by atoms with Crippen LogP contribution in [0, 0.1) is 18.3 Å². The minimum Gasteiger partial charge on any atom is -0.383 e. The van der Waals surface area contributed by atoms with Crippen molar-refractivity contribution >= 4 is 29.6 Å². The Morgan fingerprint density at radius 1 is 1.34 bits per heavy atom. The van der Waals surface area contributed by atoms with Gasteiger partial charge in [-0.05, 0) is 37.0 Å². The van der Waals surface area contributed by atoms with Crippen molar-refractivity contribution in [1.82, 2.24) is 19.7 Å². The number of urea groups is 1. The number of pyridine rings is 2. The van der Waals surface area contributed by atoms with Crippen LogP contribution in [0.25, 0.3) is 0 Å². The quantitative estimate of drug-likeness (QED) is 0.375. The maximum Gasteiger partial charge on any atom is 0.328 e. The van der Waals surface area contributed by atoms with Gasteiger partial charge in [-0.2, -0.15) is 10.4 Å². The second-order valence-corrected chi connectivity index (χ2v) is 8.18. The third-order valence-corrected chi connectivity index (χ3v) is 5.61. The summed E-state index contributed by atoms with van der Waals surface area (Å²) in [6.07, 6.45) is 7.27. The molecule has 0 bridgehead atoms. The summed E-state index contributed by atoms with van der Waals surface area (Å²) in [5.41, 5.74) is 3.86. The van der Waals surface area contributed by atoms with E-state index in [1.165, 1.54) is 11.1 Å². The van der Waals surface area contributed by atoms with Crippen LogP contribution >= 0.6 is 0 Å². The van der Waals surface area contributed by atoms with Gasteiger partial charge in [-0.25, -0.2) is 14.8 Å². The molecule has 0 radical (unpaired) electrons. The summed E-state index contributed by atoms with van der Waals surface area (Å²) >= 11 is 0. The molecule has 35 heavy (non-hydrogen) atoms. The highest BCUT2D eigenvalue weighted by molar-refractivity contribution is 6.01. The standard InChI is InChI=1S/C24H26N8O3/c1-16-11-28-31(13-16)14-18-8-17-4-3-6-32(23(17)29-21(18)15-33)24(34)30-22-9-20(26-5-7-35-2)19(10-25)12-27-22/h8-9,11-13,15H,3-7,14H2,1-2H3,(H2,26,27,30,34). The fourth-order valence-corrected chi connectivity index (χ4v) is 3.94. The van der Waals surface area contributed by atoms with E-state index in [0.29, 0.717) is 55.4 Å². The molecule has 0 unspecified atom stereocenters. The number of aldehydes is 1. The zero-order valence-corrected chi connectivity index (χ0v) is 19.6. The topological polar surface area (TPSA) is 138 Å². The number of hydrogen-bond acceptors (Lipinski definition) is 8. The molecule has 11 nitrogen and oxygen atoms in total. The van der Waals surface area contributed by atoms with E-state index < -0.39 is 6.03 Å². The lowest BCUT2D eigenvalue weighted by Gasteiger charge is -2.29. The van der Waals surface area contributed by atoms with Gasteiger partial charge in [-0.3, -0.25) is 19.7 Å². The number of rotatable bonds is 8. The highest BCUT2D eigenvalue weighted by atomic mass is 16.5.